The first kappa shape index (κ1) is 22.9. The second-order valence-corrected chi connectivity index (χ2v) is 7.66. The molecule has 172 valence electrons. The number of nitrogens with zero attached hydrogens (tertiary/aromatic N) is 1. The van der Waals surface area contributed by atoms with Crippen molar-refractivity contribution in [3.05, 3.63) is 102 Å². The van der Waals surface area contributed by atoms with Crippen molar-refractivity contribution >= 4 is 22.9 Å². The lowest BCUT2D eigenvalue weighted by Gasteiger charge is -2.09. The summed E-state index contributed by atoms with van der Waals surface area (Å²) < 4.78 is 16.5. The van der Waals surface area contributed by atoms with Gasteiger partial charge in [-0.2, -0.15) is 5.10 Å². The molecule has 4 rings (SSSR count). The van der Waals surface area contributed by atoms with E-state index in [0.717, 1.165) is 22.4 Å². The van der Waals surface area contributed by atoms with Crippen molar-refractivity contribution in [2.75, 3.05) is 14.2 Å². The smallest absolute Gasteiger partial charge is 0.244 e. The number of amides is 1. The van der Waals surface area contributed by atoms with E-state index in [1.807, 2.05) is 48.5 Å². The van der Waals surface area contributed by atoms with Crippen molar-refractivity contribution in [1.82, 2.24) is 5.43 Å². The van der Waals surface area contributed by atoms with Crippen molar-refractivity contribution in [3.63, 3.8) is 0 Å². The molecule has 0 aromatic heterocycles. The Kier molecular flexibility index (Phi) is 7.40. The van der Waals surface area contributed by atoms with Crippen LogP contribution in [0.4, 0.5) is 0 Å². The van der Waals surface area contributed by atoms with Crippen LogP contribution in [-0.4, -0.2) is 26.3 Å². The van der Waals surface area contributed by atoms with Crippen molar-refractivity contribution in [1.29, 1.82) is 0 Å². The number of hydrogen-bond acceptors (Lipinski definition) is 5. The highest BCUT2D eigenvalue weighted by molar-refractivity contribution is 5.85. The van der Waals surface area contributed by atoms with E-state index in [2.05, 4.69) is 34.8 Å². The number of hydrogen-bond donors (Lipinski definition) is 1. The molecule has 0 bridgehead atoms. The summed E-state index contributed by atoms with van der Waals surface area (Å²) >= 11 is 0. The Hall–Kier alpha value is -4.32. The molecule has 0 aliphatic rings. The molecule has 0 heterocycles. The fourth-order valence-electron chi connectivity index (χ4n) is 3.62. The van der Waals surface area contributed by atoms with Crippen LogP contribution in [-0.2, 0) is 17.8 Å². The molecule has 4 aromatic rings. The molecule has 6 nitrogen and oxygen atoms in total. The highest BCUT2D eigenvalue weighted by Crippen LogP contribution is 2.27. The van der Waals surface area contributed by atoms with Gasteiger partial charge >= 0.3 is 0 Å². The van der Waals surface area contributed by atoms with Crippen LogP contribution in [0, 0.1) is 0 Å². The maximum atomic E-state index is 12.2. The second kappa shape index (κ2) is 11.0. The predicted molar refractivity (Wildman–Crippen MR) is 134 cm³/mol. The molecular formula is C28H26N2O4. The monoisotopic (exact) mass is 454 g/mol. The topological polar surface area (TPSA) is 69.2 Å². The van der Waals surface area contributed by atoms with E-state index in [9.17, 15) is 4.79 Å². The van der Waals surface area contributed by atoms with Crippen LogP contribution in [0.15, 0.2) is 90.0 Å². The normalized spacial score (nSPS) is 10.9. The summed E-state index contributed by atoms with van der Waals surface area (Å²) in [4.78, 5) is 12.2. The highest BCUT2D eigenvalue weighted by atomic mass is 16.5. The Bertz CT molecular complexity index is 1290. The molecule has 0 aliphatic carbocycles. The minimum Gasteiger partial charge on any atom is -0.493 e. The van der Waals surface area contributed by atoms with E-state index in [1.165, 1.54) is 10.8 Å². The molecule has 0 saturated heterocycles. The number of carbonyl (C=O) groups is 1. The first-order chi connectivity index (χ1) is 16.7. The summed E-state index contributed by atoms with van der Waals surface area (Å²) in [5.41, 5.74) is 5.35. The third-order valence-electron chi connectivity index (χ3n) is 5.37. The Morgan fingerprint density at radius 3 is 2.44 bits per heavy atom. The lowest BCUT2D eigenvalue weighted by molar-refractivity contribution is -0.120. The summed E-state index contributed by atoms with van der Waals surface area (Å²) in [6, 6.07) is 27.4. The molecular weight excluding hydrogens is 428 g/mol. The van der Waals surface area contributed by atoms with E-state index >= 15 is 0 Å². The molecule has 0 radical (unpaired) electrons. The Morgan fingerprint density at radius 1 is 0.882 bits per heavy atom. The van der Waals surface area contributed by atoms with Gasteiger partial charge in [0.2, 0.25) is 5.91 Å². The third-order valence-corrected chi connectivity index (χ3v) is 5.37. The first-order valence-electron chi connectivity index (χ1n) is 10.9. The van der Waals surface area contributed by atoms with Crippen LogP contribution >= 0.6 is 0 Å². The Morgan fingerprint density at radius 2 is 1.65 bits per heavy atom. The Labute approximate surface area is 198 Å². The lowest BCUT2D eigenvalue weighted by atomic mass is 10.1. The van der Waals surface area contributed by atoms with Crippen LogP contribution in [0.3, 0.4) is 0 Å². The summed E-state index contributed by atoms with van der Waals surface area (Å²) in [7, 11) is 3.13. The van der Waals surface area contributed by atoms with Gasteiger partial charge < -0.3 is 14.2 Å². The standard InChI is InChI=1S/C28H26N2O4/c1-32-26-15-12-21(16-27(26)33-2)17-28(31)30-29-18-20-10-13-24(14-11-20)34-19-23-8-5-7-22-6-3-4-9-25(22)23/h3-16,18H,17,19H2,1-2H3,(H,30,31)/b29-18-. The quantitative estimate of drug-likeness (QED) is 0.281. The molecule has 0 unspecified atom stereocenters. The van der Waals surface area contributed by atoms with Gasteiger partial charge in [0, 0.05) is 0 Å². The molecule has 0 spiro atoms. The van der Waals surface area contributed by atoms with Crippen LogP contribution in [0.1, 0.15) is 16.7 Å². The van der Waals surface area contributed by atoms with Gasteiger partial charge in [0.15, 0.2) is 11.5 Å². The van der Waals surface area contributed by atoms with Gasteiger partial charge in [-0.25, -0.2) is 5.43 Å². The fraction of sp³-hybridized carbons (Fsp3) is 0.143. The van der Waals surface area contributed by atoms with E-state index in [0.29, 0.717) is 18.1 Å². The largest absolute Gasteiger partial charge is 0.493 e. The molecule has 1 N–H and O–H groups in total. The lowest BCUT2D eigenvalue weighted by Crippen LogP contribution is -2.19. The molecule has 4 aromatic carbocycles. The maximum absolute atomic E-state index is 12.2. The van der Waals surface area contributed by atoms with Crippen LogP contribution in [0.25, 0.3) is 10.8 Å². The maximum Gasteiger partial charge on any atom is 0.244 e. The van der Waals surface area contributed by atoms with Crippen molar-refractivity contribution in [2.45, 2.75) is 13.0 Å². The number of carbonyl (C=O) groups excluding carboxylic acids is 1. The minimum atomic E-state index is -0.224. The predicted octanol–water partition coefficient (Wildman–Crippen LogP) is 5.13. The number of fused-ring (bicyclic) bond motifs is 1. The first-order valence-corrected chi connectivity index (χ1v) is 10.9. The zero-order valence-electron chi connectivity index (χ0n) is 19.2. The van der Waals surface area contributed by atoms with Crippen LogP contribution in [0.2, 0.25) is 0 Å². The average molecular weight is 455 g/mol. The van der Waals surface area contributed by atoms with Gasteiger partial charge in [-0.05, 0) is 63.9 Å². The number of benzene rings is 4. The van der Waals surface area contributed by atoms with E-state index in [-0.39, 0.29) is 12.3 Å². The molecule has 0 aliphatic heterocycles. The number of nitrogens with one attached hydrogen (secondary N) is 1. The zero-order valence-corrected chi connectivity index (χ0v) is 19.2. The number of methoxy groups -OCH3 is 2. The molecule has 34 heavy (non-hydrogen) atoms. The molecule has 6 heteroatoms. The number of hydrazone groups is 1. The summed E-state index contributed by atoms with van der Waals surface area (Å²) in [5, 5.41) is 6.44. The van der Waals surface area contributed by atoms with Gasteiger partial charge in [0.1, 0.15) is 12.4 Å². The van der Waals surface area contributed by atoms with Crippen LogP contribution < -0.4 is 19.6 Å². The van der Waals surface area contributed by atoms with E-state index in [1.54, 1.807) is 32.6 Å². The summed E-state index contributed by atoms with van der Waals surface area (Å²) in [5.74, 6) is 1.74. The van der Waals surface area contributed by atoms with E-state index in [4.69, 9.17) is 14.2 Å². The minimum absolute atomic E-state index is 0.179. The average Bonchev–Trinajstić information content (AvgIpc) is 2.88. The fourth-order valence-corrected chi connectivity index (χ4v) is 3.62. The summed E-state index contributed by atoms with van der Waals surface area (Å²) in [6.07, 6.45) is 1.78. The van der Waals surface area contributed by atoms with Gasteiger partial charge in [-0.15, -0.1) is 0 Å². The van der Waals surface area contributed by atoms with Crippen molar-refractivity contribution < 1.29 is 19.0 Å². The molecule has 1 amide bonds. The van der Waals surface area contributed by atoms with Gasteiger partial charge in [0.25, 0.3) is 0 Å². The number of ether oxygens (including phenoxy) is 3. The summed E-state index contributed by atoms with van der Waals surface area (Å²) in [6.45, 7) is 0.487. The molecule has 0 fully saturated rings. The highest BCUT2D eigenvalue weighted by Gasteiger charge is 2.08. The zero-order chi connectivity index (χ0) is 23.8. The second-order valence-electron chi connectivity index (χ2n) is 7.66. The number of rotatable bonds is 9. The van der Waals surface area contributed by atoms with Gasteiger partial charge in [-0.1, -0.05) is 48.5 Å². The van der Waals surface area contributed by atoms with Crippen molar-refractivity contribution in [3.8, 4) is 17.2 Å². The SMILES string of the molecule is COc1ccc(CC(=O)N/N=C\c2ccc(OCc3cccc4ccccc34)cc2)cc1OC. The molecule has 0 saturated carbocycles. The third kappa shape index (κ3) is 5.72. The molecule has 0 atom stereocenters. The Balaban J connectivity index is 1.29. The van der Waals surface area contributed by atoms with E-state index < -0.39 is 0 Å². The van der Waals surface area contributed by atoms with Gasteiger partial charge in [-0.3, -0.25) is 4.79 Å². The van der Waals surface area contributed by atoms with Gasteiger partial charge in [0.05, 0.1) is 26.9 Å². The van der Waals surface area contributed by atoms with Crippen LogP contribution in [0.5, 0.6) is 17.2 Å². The van der Waals surface area contributed by atoms with Crippen molar-refractivity contribution in [2.24, 2.45) is 5.10 Å².